The number of fused-ring (bicyclic) bond motifs is 1. The van der Waals surface area contributed by atoms with Gasteiger partial charge in [0.25, 0.3) is 5.91 Å². The minimum absolute atomic E-state index is 0.0463. The first kappa shape index (κ1) is 24.1. The molecule has 2 amide bonds. The molecule has 174 valence electrons. The van der Waals surface area contributed by atoms with Crippen LogP contribution < -0.4 is 9.64 Å². The van der Waals surface area contributed by atoms with E-state index in [1.165, 1.54) is 28.9 Å². The van der Waals surface area contributed by atoms with E-state index in [1.807, 2.05) is 0 Å². The second kappa shape index (κ2) is 10.8. The quantitative estimate of drug-likeness (QED) is 0.462. The Bertz CT molecular complexity index is 1070. The number of para-hydroxylation sites is 1. The van der Waals surface area contributed by atoms with Gasteiger partial charge in [0.2, 0.25) is 5.91 Å². The zero-order valence-electron chi connectivity index (χ0n) is 18.0. The number of rotatable bonds is 8. The average Bonchev–Trinajstić information content (AvgIpc) is 2.91. The van der Waals surface area contributed by atoms with Gasteiger partial charge >= 0.3 is 11.9 Å². The molecular weight excluding hydrogens is 452 g/mol. The molecule has 33 heavy (non-hydrogen) atoms. The van der Waals surface area contributed by atoms with Crippen molar-refractivity contribution < 1.29 is 33.8 Å². The van der Waals surface area contributed by atoms with Crippen LogP contribution in [0.2, 0.25) is 5.02 Å². The monoisotopic (exact) mass is 474 g/mol. The summed E-state index contributed by atoms with van der Waals surface area (Å²) in [7, 11) is 0. The molecule has 3 rings (SSSR count). The Morgan fingerprint density at radius 1 is 1.09 bits per heavy atom. The van der Waals surface area contributed by atoms with Crippen LogP contribution in [0, 0.1) is 0 Å². The topological polar surface area (TPSA) is 113 Å². The summed E-state index contributed by atoms with van der Waals surface area (Å²) < 4.78 is 10.3. The zero-order chi connectivity index (χ0) is 24.0. The molecule has 1 heterocycles. The number of carbonyl (C=O) groups excluding carboxylic acids is 3. The molecule has 0 spiro atoms. The van der Waals surface area contributed by atoms with Crippen molar-refractivity contribution in [2.75, 3.05) is 31.2 Å². The van der Waals surface area contributed by atoms with Crippen molar-refractivity contribution in [2.45, 2.75) is 19.9 Å². The van der Waals surface area contributed by atoms with Gasteiger partial charge in [-0.2, -0.15) is 0 Å². The van der Waals surface area contributed by atoms with E-state index in [1.54, 1.807) is 30.3 Å². The van der Waals surface area contributed by atoms with E-state index in [9.17, 15) is 19.2 Å². The van der Waals surface area contributed by atoms with Crippen LogP contribution in [0.25, 0.3) is 0 Å². The molecule has 10 heteroatoms. The molecule has 2 aromatic carbocycles. The first-order chi connectivity index (χ1) is 15.8. The second-order valence-electron chi connectivity index (χ2n) is 7.31. The lowest BCUT2D eigenvalue weighted by Gasteiger charge is -2.23. The Morgan fingerprint density at radius 3 is 2.55 bits per heavy atom. The van der Waals surface area contributed by atoms with Crippen LogP contribution in [-0.2, 0) is 25.7 Å². The highest BCUT2D eigenvalue weighted by atomic mass is 35.5. The summed E-state index contributed by atoms with van der Waals surface area (Å²) in [6.45, 7) is 1.52. The Kier molecular flexibility index (Phi) is 7.89. The number of nitrogens with zero attached hydrogens (tertiary/aromatic N) is 2. The van der Waals surface area contributed by atoms with Crippen molar-refractivity contribution >= 4 is 41.0 Å². The van der Waals surface area contributed by atoms with E-state index in [0.29, 0.717) is 11.4 Å². The summed E-state index contributed by atoms with van der Waals surface area (Å²) >= 11 is 6.35. The number of carbonyl (C=O) groups is 4. The summed E-state index contributed by atoms with van der Waals surface area (Å²) in [6.07, 6.45) is -0.188. The van der Waals surface area contributed by atoms with E-state index in [0.717, 1.165) is 5.56 Å². The van der Waals surface area contributed by atoms with Crippen molar-refractivity contribution in [1.82, 2.24) is 4.90 Å². The molecule has 1 aliphatic heterocycles. The molecule has 2 aromatic rings. The number of anilines is 1. The summed E-state index contributed by atoms with van der Waals surface area (Å²) in [6, 6.07) is 11.6. The van der Waals surface area contributed by atoms with Crippen LogP contribution in [0.4, 0.5) is 5.69 Å². The normalized spacial score (nSPS) is 13.2. The van der Waals surface area contributed by atoms with Gasteiger partial charge in [-0.1, -0.05) is 29.8 Å². The van der Waals surface area contributed by atoms with Gasteiger partial charge in [-0.15, -0.1) is 0 Å². The summed E-state index contributed by atoms with van der Waals surface area (Å²) in [5.41, 5.74) is 1.47. The first-order valence-corrected chi connectivity index (χ1v) is 10.6. The third kappa shape index (κ3) is 6.23. The number of hydrogen-bond donors (Lipinski definition) is 1. The van der Waals surface area contributed by atoms with Crippen LogP contribution in [0.3, 0.4) is 0 Å². The lowest BCUT2D eigenvalue weighted by Crippen LogP contribution is -2.40. The van der Waals surface area contributed by atoms with E-state index >= 15 is 0 Å². The standard InChI is InChI=1S/C23H23ClN2O7/c1-15(27)32-10-11-33-17-6-7-18(19(24)12-17)23(31)26-14-21(28)25(9-8-22(29)30)13-16-4-2-3-5-20(16)26/h2-7,12H,8-11,13-14H2,1H3,(H,29,30). The van der Waals surface area contributed by atoms with E-state index in [-0.39, 0.29) is 55.8 Å². The van der Waals surface area contributed by atoms with Crippen molar-refractivity contribution in [3.05, 3.63) is 58.6 Å². The van der Waals surface area contributed by atoms with Crippen molar-refractivity contribution in [2.24, 2.45) is 0 Å². The van der Waals surface area contributed by atoms with Crippen LogP contribution >= 0.6 is 11.6 Å². The van der Waals surface area contributed by atoms with Gasteiger partial charge in [0.1, 0.15) is 25.5 Å². The number of halogens is 1. The lowest BCUT2D eigenvalue weighted by molar-refractivity contribution is -0.142. The lowest BCUT2D eigenvalue weighted by atomic mass is 10.1. The summed E-state index contributed by atoms with van der Waals surface area (Å²) in [4.78, 5) is 50.8. The number of hydrogen-bond acceptors (Lipinski definition) is 6. The van der Waals surface area contributed by atoms with Crippen LogP contribution in [-0.4, -0.2) is 60.1 Å². The SMILES string of the molecule is CC(=O)OCCOc1ccc(C(=O)N2CC(=O)N(CCC(=O)O)Cc3ccccc32)c(Cl)c1. The van der Waals surface area contributed by atoms with E-state index in [4.69, 9.17) is 26.2 Å². The Morgan fingerprint density at radius 2 is 1.85 bits per heavy atom. The average molecular weight is 475 g/mol. The van der Waals surface area contributed by atoms with Crippen molar-refractivity contribution in [1.29, 1.82) is 0 Å². The minimum atomic E-state index is -1.00. The zero-order valence-corrected chi connectivity index (χ0v) is 18.7. The van der Waals surface area contributed by atoms with Crippen LogP contribution in [0.5, 0.6) is 5.75 Å². The van der Waals surface area contributed by atoms with Gasteiger partial charge in [-0.05, 0) is 29.8 Å². The van der Waals surface area contributed by atoms with Gasteiger partial charge in [-0.3, -0.25) is 24.1 Å². The molecule has 1 N–H and O–H groups in total. The largest absolute Gasteiger partial charge is 0.490 e. The number of benzene rings is 2. The maximum atomic E-state index is 13.4. The fourth-order valence-electron chi connectivity index (χ4n) is 3.39. The van der Waals surface area contributed by atoms with Gasteiger partial charge in [0, 0.05) is 25.7 Å². The minimum Gasteiger partial charge on any atom is -0.490 e. The molecule has 9 nitrogen and oxygen atoms in total. The predicted octanol–water partition coefficient (Wildman–Crippen LogP) is 2.75. The summed E-state index contributed by atoms with van der Waals surface area (Å²) in [5, 5.41) is 9.12. The molecule has 0 saturated heterocycles. The molecule has 0 saturated carbocycles. The van der Waals surface area contributed by atoms with E-state index in [2.05, 4.69) is 0 Å². The molecule has 1 aliphatic rings. The van der Waals surface area contributed by atoms with Gasteiger partial charge < -0.3 is 19.5 Å². The molecule has 0 bridgehead atoms. The Balaban J connectivity index is 1.80. The molecule has 0 radical (unpaired) electrons. The van der Waals surface area contributed by atoms with Crippen molar-refractivity contribution in [3.63, 3.8) is 0 Å². The highest BCUT2D eigenvalue weighted by Gasteiger charge is 2.30. The molecule has 0 unspecified atom stereocenters. The van der Waals surface area contributed by atoms with Gasteiger partial charge in [-0.25, -0.2) is 0 Å². The highest BCUT2D eigenvalue weighted by molar-refractivity contribution is 6.34. The molecular formula is C23H23ClN2O7. The number of carboxylic acids is 1. The van der Waals surface area contributed by atoms with Crippen LogP contribution in [0.1, 0.15) is 29.3 Å². The molecule has 0 atom stereocenters. The fraction of sp³-hybridized carbons (Fsp3) is 0.304. The smallest absolute Gasteiger partial charge is 0.305 e. The van der Waals surface area contributed by atoms with Gasteiger partial charge in [0.05, 0.1) is 17.0 Å². The Labute approximate surface area is 195 Å². The number of esters is 1. The maximum absolute atomic E-state index is 13.4. The number of amides is 2. The number of aliphatic carboxylic acids is 1. The molecule has 0 aliphatic carbocycles. The summed E-state index contributed by atoms with van der Waals surface area (Å²) in [5.74, 6) is -1.84. The van der Waals surface area contributed by atoms with Crippen molar-refractivity contribution in [3.8, 4) is 5.75 Å². The maximum Gasteiger partial charge on any atom is 0.305 e. The van der Waals surface area contributed by atoms with Gasteiger partial charge in [0.15, 0.2) is 0 Å². The first-order valence-electron chi connectivity index (χ1n) is 10.2. The molecule has 0 fully saturated rings. The predicted molar refractivity (Wildman–Crippen MR) is 119 cm³/mol. The molecule has 0 aromatic heterocycles. The third-order valence-corrected chi connectivity index (χ3v) is 5.27. The number of carboxylic acid groups (broad SMARTS) is 1. The second-order valence-corrected chi connectivity index (χ2v) is 7.72. The Hall–Kier alpha value is -3.59. The fourth-order valence-corrected chi connectivity index (χ4v) is 3.64. The highest BCUT2D eigenvalue weighted by Crippen LogP contribution is 2.30. The third-order valence-electron chi connectivity index (χ3n) is 4.96. The van der Waals surface area contributed by atoms with E-state index < -0.39 is 17.8 Å². The number of ether oxygens (including phenoxy) is 2. The van der Waals surface area contributed by atoms with Crippen LogP contribution in [0.15, 0.2) is 42.5 Å².